The number of hydrogen-bond acceptors (Lipinski definition) is 3. The molecule has 0 aliphatic carbocycles. The molecule has 0 amide bonds. The van der Waals surface area contributed by atoms with Gasteiger partial charge in [-0.3, -0.25) is 0 Å². The molecule has 3 heteroatoms. The van der Waals surface area contributed by atoms with Crippen LogP contribution >= 0.6 is 0 Å². The molecule has 2 aromatic rings. The van der Waals surface area contributed by atoms with Crippen molar-refractivity contribution < 1.29 is 0 Å². The predicted octanol–water partition coefficient (Wildman–Crippen LogP) is 2.84. The van der Waals surface area contributed by atoms with Crippen LogP contribution in [0.1, 0.15) is 47.9 Å². The third kappa shape index (κ3) is 3.74. The monoisotopic (exact) mass is 297 g/mol. The lowest BCUT2D eigenvalue weighted by atomic mass is 9.82. The normalized spacial score (nSPS) is 15.3. The van der Waals surface area contributed by atoms with Gasteiger partial charge >= 0.3 is 0 Å². The van der Waals surface area contributed by atoms with Gasteiger partial charge in [-0.05, 0) is 34.1 Å². The Balaban J connectivity index is 2.11. The zero-order chi connectivity index (χ0) is 16.1. The molecule has 2 aromatic carbocycles. The van der Waals surface area contributed by atoms with Gasteiger partial charge in [0.15, 0.2) is 0 Å². The highest BCUT2D eigenvalue weighted by Gasteiger charge is 2.22. The van der Waals surface area contributed by atoms with Crippen molar-refractivity contribution in [3.63, 3.8) is 0 Å². The molecule has 0 aliphatic rings. The van der Waals surface area contributed by atoms with Gasteiger partial charge in [-0.1, -0.05) is 62.4 Å². The van der Waals surface area contributed by atoms with Crippen molar-refractivity contribution in [2.75, 3.05) is 0 Å². The maximum atomic E-state index is 6.52. The predicted molar refractivity (Wildman–Crippen MR) is 93.5 cm³/mol. The highest BCUT2D eigenvalue weighted by Crippen LogP contribution is 2.29. The molecule has 0 aromatic heterocycles. The third-order valence-electron chi connectivity index (χ3n) is 4.64. The number of nitrogens with two attached hydrogens (primary N) is 3. The first-order valence-corrected chi connectivity index (χ1v) is 7.90. The number of benzene rings is 2. The minimum absolute atomic E-state index is 0.0625. The molecular formula is C19H27N3. The van der Waals surface area contributed by atoms with Crippen LogP contribution in [-0.4, -0.2) is 6.04 Å². The van der Waals surface area contributed by atoms with Crippen LogP contribution in [0.4, 0.5) is 0 Å². The fraction of sp³-hybridized carbons (Fsp3) is 0.368. The maximum absolute atomic E-state index is 6.52. The molecule has 0 saturated carbocycles. The molecule has 2 unspecified atom stereocenters. The summed E-state index contributed by atoms with van der Waals surface area (Å²) in [6, 6.07) is 16.9. The van der Waals surface area contributed by atoms with Gasteiger partial charge < -0.3 is 17.2 Å². The van der Waals surface area contributed by atoms with Gasteiger partial charge in [-0.2, -0.15) is 0 Å². The Labute approximate surface area is 133 Å². The smallest absolute Gasteiger partial charge is 0.0178 e. The number of rotatable bonds is 6. The molecular weight excluding hydrogens is 270 g/mol. The van der Waals surface area contributed by atoms with Crippen molar-refractivity contribution in [3.05, 3.63) is 70.8 Å². The Hall–Kier alpha value is -1.68. The van der Waals surface area contributed by atoms with Crippen LogP contribution in [0.5, 0.6) is 0 Å². The van der Waals surface area contributed by atoms with Crippen molar-refractivity contribution in [1.29, 1.82) is 0 Å². The first-order valence-electron chi connectivity index (χ1n) is 7.90. The summed E-state index contributed by atoms with van der Waals surface area (Å²) in [5.41, 5.74) is 22.6. The van der Waals surface area contributed by atoms with Crippen LogP contribution in [0.3, 0.4) is 0 Å². The Bertz CT molecular complexity index is 521. The molecule has 0 bridgehead atoms. The highest BCUT2D eigenvalue weighted by atomic mass is 14.7. The van der Waals surface area contributed by atoms with Crippen molar-refractivity contribution in [2.24, 2.45) is 17.2 Å². The van der Waals surface area contributed by atoms with Gasteiger partial charge in [0.05, 0.1) is 0 Å². The molecule has 2 rings (SSSR count). The van der Waals surface area contributed by atoms with E-state index in [1.54, 1.807) is 0 Å². The quantitative estimate of drug-likeness (QED) is 0.767. The van der Waals surface area contributed by atoms with E-state index in [9.17, 15) is 0 Å². The third-order valence-corrected chi connectivity index (χ3v) is 4.64. The van der Waals surface area contributed by atoms with Crippen LogP contribution in [0.15, 0.2) is 48.5 Å². The van der Waals surface area contributed by atoms with Gasteiger partial charge in [-0.15, -0.1) is 0 Å². The average Bonchev–Trinajstić information content (AvgIpc) is 2.60. The molecule has 118 valence electrons. The minimum atomic E-state index is 0.0625. The molecule has 0 spiro atoms. The van der Waals surface area contributed by atoms with Gasteiger partial charge in [0, 0.05) is 19.1 Å². The molecule has 0 radical (unpaired) electrons. The summed E-state index contributed by atoms with van der Waals surface area (Å²) in [4.78, 5) is 0. The van der Waals surface area contributed by atoms with Crippen molar-refractivity contribution in [3.8, 4) is 0 Å². The van der Waals surface area contributed by atoms with Crippen LogP contribution < -0.4 is 17.2 Å². The Morgan fingerprint density at radius 1 is 0.682 bits per heavy atom. The van der Waals surface area contributed by atoms with E-state index in [1.807, 2.05) is 0 Å². The standard InChI is InChI=1S/C19H27N3/c1-13(17-7-3-15(11-20)4-8-17)19(22)14(2)18-9-5-16(12-21)6-10-18/h3-10,13-14,19H,11-12,20-22H2,1-2H3. The van der Waals surface area contributed by atoms with Crippen molar-refractivity contribution >= 4 is 0 Å². The van der Waals surface area contributed by atoms with Crippen molar-refractivity contribution in [2.45, 2.75) is 44.8 Å². The lowest BCUT2D eigenvalue weighted by Crippen LogP contribution is -2.32. The van der Waals surface area contributed by atoms with E-state index < -0.39 is 0 Å². The van der Waals surface area contributed by atoms with E-state index in [2.05, 4.69) is 62.4 Å². The first-order chi connectivity index (χ1) is 10.6. The van der Waals surface area contributed by atoms with Gasteiger partial charge in [-0.25, -0.2) is 0 Å². The van der Waals surface area contributed by atoms with Crippen LogP contribution in [0, 0.1) is 0 Å². The molecule has 2 atom stereocenters. The summed E-state index contributed by atoms with van der Waals surface area (Å²) >= 11 is 0. The summed E-state index contributed by atoms with van der Waals surface area (Å²) in [5, 5.41) is 0. The Kier molecular flexibility index (Phi) is 5.72. The molecule has 0 saturated heterocycles. The van der Waals surface area contributed by atoms with E-state index in [4.69, 9.17) is 17.2 Å². The van der Waals surface area contributed by atoms with Crippen molar-refractivity contribution in [1.82, 2.24) is 0 Å². The second-order valence-corrected chi connectivity index (χ2v) is 6.05. The largest absolute Gasteiger partial charge is 0.327 e. The van der Waals surface area contributed by atoms with E-state index >= 15 is 0 Å². The molecule has 0 aliphatic heterocycles. The Morgan fingerprint density at radius 3 is 1.27 bits per heavy atom. The zero-order valence-electron chi connectivity index (χ0n) is 13.5. The average molecular weight is 297 g/mol. The molecule has 6 N–H and O–H groups in total. The van der Waals surface area contributed by atoms with Gasteiger partial charge in [0.25, 0.3) is 0 Å². The first kappa shape index (κ1) is 16.7. The maximum Gasteiger partial charge on any atom is 0.0178 e. The zero-order valence-corrected chi connectivity index (χ0v) is 13.5. The van der Waals surface area contributed by atoms with E-state index in [1.165, 1.54) is 11.1 Å². The SMILES string of the molecule is CC(c1ccc(CN)cc1)C(N)C(C)c1ccc(CN)cc1. The summed E-state index contributed by atoms with van der Waals surface area (Å²) in [7, 11) is 0. The van der Waals surface area contributed by atoms with E-state index in [-0.39, 0.29) is 17.9 Å². The lowest BCUT2D eigenvalue weighted by Gasteiger charge is -2.27. The summed E-state index contributed by atoms with van der Waals surface area (Å²) in [6.07, 6.45) is 0. The highest BCUT2D eigenvalue weighted by molar-refractivity contribution is 5.30. The van der Waals surface area contributed by atoms with Crippen LogP contribution in [0.25, 0.3) is 0 Å². The number of hydrogen-bond donors (Lipinski definition) is 3. The Morgan fingerprint density at radius 2 is 1.00 bits per heavy atom. The summed E-state index contributed by atoms with van der Waals surface area (Å²) in [5.74, 6) is 0.576. The van der Waals surface area contributed by atoms with Gasteiger partial charge in [0.2, 0.25) is 0 Å². The molecule has 0 fully saturated rings. The fourth-order valence-corrected chi connectivity index (χ4v) is 2.79. The van der Waals surface area contributed by atoms with Crippen LogP contribution in [0.2, 0.25) is 0 Å². The fourth-order valence-electron chi connectivity index (χ4n) is 2.79. The van der Waals surface area contributed by atoms with Gasteiger partial charge in [0.1, 0.15) is 0 Å². The summed E-state index contributed by atoms with van der Waals surface area (Å²) in [6.45, 7) is 5.52. The second kappa shape index (κ2) is 7.54. The topological polar surface area (TPSA) is 78.1 Å². The molecule has 0 heterocycles. The minimum Gasteiger partial charge on any atom is -0.327 e. The second-order valence-electron chi connectivity index (χ2n) is 6.05. The van der Waals surface area contributed by atoms with Crippen LogP contribution in [-0.2, 0) is 13.1 Å². The molecule has 3 nitrogen and oxygen atoms in total. The van der Waals surface area contributed by atoms with E-state index in [0.717, 1.165) is 11.1 Å². The summed E-state index contributed by atoms with van der Waals surface area (Å²) < 4.78 is 0. The van der Waals surface area contributed by atoms with E-state index in [0.29, 0.717) is 13.1 Å². The lowest BCUT2D eigenvalue weighted by molar-refractivity contribution is 0.492. The molecule has 22 heavy (non-hydrogen) atoms.